The lowest BCUT2D eigenvalue weighted by atomic mass is 10.1. The maximum absolute atomic E-state index is 13.5. The standard InChI is InChI=1S/C12H15FO2/c1-2-15-10-4-3-9(11(13)7-10)8-12(14)5-6-12/h3-4,7,14H,2,5-6,8H2,1H3. The lowest BCUT2D eigenvalue weighted by Crippen LogP contribution is -2.12. The number of aliphatic hydroxyl groups is 1. The molecule has 0 unspecified atom stereocenters. The van der Waals surface area contributed by atoms with E-state index in [1.165, 1.54) is 6.07 Å². The van der Waals surface area contributed by atoms with Crippen molar-refractivity contribution in [3.63, 3.8) is 0 Å². The third-order valence-electron chi connectivity index (χ3n) is 2.68. The zero-order valence-electron chi connectivity index (χ0n) is 8.79. The van der Waals surface area contributed by atoms with Crippen molar-refractivity contribution in [2.75, 3.05) is 6.61 Å². The van der Waals surface area contributed by atoms with E-state index < -0.39 is 5.60 Å². The molecule has 0 radical (unpaired) electrons. The van der Waals surface area contributed by atoms with E-state index in [4.69, 9.17) is 4.74 Å². The summed E-state index contributed by atoms with van der Waals surface area (Å²) in [5.74, 6) is 0.253. The Hall–Kier alpha value is -1.09. The maximum atomic E-state index is 13.5. The minimum Gasteiger partial charge on any atom is -0.494 e. The van der Waals surface area contributed by atoms with E-state index in [0.29, 0.717) is 24.3 Å². The van der Waals surface area contributed by atoms with Gasteiger partial charge in [0.1, 0.15) is 11.6 Å². The van der Waals surface area contributed by atoms with Gasteiger partial charge >= 0.3 is 0 Å². The van der Waals surface area contributed by atoms with Gasteiger partial charge in [0.05, 0.1) is 12.2 Å². The normalized spacial score (nSPS) is 17.5. The number of benzene rings is 1. The van der Waals surface area contributed by atoms with Crippen molar-refractivity contribution in [1.29, 1.82) is 0 Å². The van der Waals surface area contributed by atoms with Gasteiger partial charge in [-0.1, -0.05) is 6.07 Å². The molecule has 0 saturated heterocycles. The molecule has 0 aliphatic heterocycles. The summed E-state index contributed by atoms with van der Waals surface area (Å²) in [5, 5.41) is 9.68. The Balaban J connectivity index is 2.11. The van der Waals surface area contributed by atoms with Crippen molar-refractivity contribution in [1.82, 2.24) is 0 Å². The van der Waals surface area contributed by atoms with E-state index in [-0.39, 0.29) is 5.82 Å². The van der Waals surface area contributed by atoms with E-state index in [1.54, 1.807) is 12.1 Å². The molecule has 1 fully saturated rings. The summed E-state index contributed by atoms with van der Waals surface area (Å²) in [6.45, 7) is 2.39. The van der Waals surface area contributed by atoms with Gasteiger partial charge in [0.2, 0.25) is 0 Å². The summed E-state index contributed by atoms with van der Waals surface area (Å²) >= 11 is 0. The van der Waals surface area contributed by atoms with Gasteiger partial charge in [0.15, 0.2) is 0 Å². The predicted octanol–water partition coefficient (Wildman–Crippen LogP) is 2.29. The first kappa shape index (κ1) is 10.4. The molecule has 0 heterocycles. The molecule has 1 aromatic carbocycles. The van der Waals surface area contributed by atoms with Crippen molar-refractivity contribution in [3.05, 3.63) is 29.6 Å². The summed E-state index contributed by atoms with van der Waals surface area (Å²) in [4.78, 5) is 0. The molecular formula is C12H15FO2. The van der Waals surface area contributed by atoms with Crippen LogP contribution < -0.4 is 4.74 Å². The van der Waals surface area contributed by atoms with Gasteiger partial charge in [-0.15, -0.1) is 0 Å². The quantitative estimate of drug-likeness (QED) is 0.826. The van der Waals surface area contributed by atoms with Crippen LogP contribution in [0.4, 0.5) is 4.39 Å². The molecule has 1 aliphatic rings. The molecule has 0 spiro atoms. The molecule has 1 aliphatic carbocycles. The molecule has 0 bridgehead atoms. The van der Waals surface area contributed by atoms with Crippen LogP contribution in [-0.4, -0.2) is 17.3 Å². The minimum atomic E-state index is -0.645. The Bertz CT molecular complexity index is 359. The lowest BCUT2D eigenvalue weighted by molar-refractivity contribution is 0.149. The average molecular weight is 210 g/mol. The highest BCUT2D eigenvalue weighted by Crippen LogP contribution is 2.38. The molecule has 1 saturated carbocycles. The van der Waals surface area contributed by atoms with Gasteiger partial charge in [-0.3, -0.25) is 0 Å². The van der Waals surface area contributed by atoms with E-state index >= 15 is 0 Å². The summed E-state index contributed by atoms with van der Waals surface area (Å²) in [6.07, 6.45) is 1.96. The van der Waals surface area contributed by atoms with Crippen LogP contribution in [0.3, 0.4) is 0 Å². The Morgan fingerprint density at radius 2 is 2.20 bits per heavy atom. The topological polar surface area (TPSA) is 29.5 Å². The Kier molecular flexibility index (Phi) is 2.65. The van der Waals surface area contributed by atoms with E-state index in [0.717, 1.165) is 12.8 Å². The van der Waals surface area contributed by atoms with Crippen LogP contribution in [0, 0.1) is 5.82 Å². The van der Waals surface area contributed by atoms with Crippen molar-refractivity contribution >= 4 is 0 Å². The Labute approximate surface area is 88.7 Å². The smallest absolute Gasteiger partial charge is 0.130 e. The zero-order chi connectivity index (χ0) is 10.9. The van der Waals surface area contributed by atoms with Crippen molar-refractivity contribution in [3.8, 4) is 5.75 Å². The molecule has 15 heavy (non-hydrogen) atoms. The Morgan fingerprint density at radius 3 is 2.73 bits per heavy atom. The average Bonchev–Trinajstić information content (AvgIpc) is 2.90. The lowest BCUT2D eigenvalue weighted by Gasteiger charge is -2.10. The second-order valence-electron chi connectivity index (χ2n) is 4.09. The fourth-order valence-electron chi connectivity index (χ4n) is 1.60. The number of halogens is 1. The summed E-state index contributed by atoms with van der Waals surface area (Å²) < 4.78 is 18.7. The molecule has 0 amide bonds. The molecule has 1 N–H and O–H groups in total. The van der Waals surface area contributed by atoms with Gasteiger partial charge in [-0.2, -0.15) is 0 Å². The number of rotatable bonds is 4. The van der Waals surface area contributed by atoms with Gasteiger partial charge < -0.3 is 9.84 Å². The molecular weight excluding hydrogens is 195 g/mol. The van der Waals surface area contributed by atoms with E-state index in [1.807, 2.05) is 6.92 Å². The maximum Gasteiger partial charge on any atom is 0.130 e. The summed E-state index contributed by atoms with van der Waals surface area (Å²) in [5.41, 5.74) is -0.0769. The number of hydrogen-bond donors (Lipinski definition) is 1. The monoisotopic (exact) mass is 210 g/mol. The first-order valence-electron chi connectivity index (χ1n) is 5.26. The van der Waals surface area contributed by atoms with Crippen LogP contribution in [0.15, 0.2) is 18.2 Å². The van der Waals surface area contributed by atoms with Crippen LogP contribution in [-0.2, 0) is 6.42 Å². The van der Waals surface area contributed by atoms with Gasteiger partial charge in [-0.25, -0.2) is 4.39 Å². The SMILES string of the molecule is CCOc1ccc(CC2(O)CC2)c(F)c1. The molecule has 3 heteroatoms. The van der Waals surface area contributed by atoms with Gasteiger partial charge in [-0.05, 0) is 31.4 Å². The van der Waals surface area contributed by atoms with Crippen LogP contribution in [0.5, 0.6) is 5.75 Å². The Morgan fingerprint density at radius 1 is 1.47 bits per heavy atom. The zero-order valence-corrected chi connectivity index (χ0v) is 8.79. The first-order chi connectivity index (χ1) is 7.13. The van der Waals surface area contributed by atoms with Gasteiger partial charge in [0, 0.05) is 12.5 Å². The molecule has 2 nitrogen and oxygen atoms in total. The number of ether oxygens (including phenoxy) is 1. The highest BCUT2D eigenvalue weighted by Gasteiger charge is 2.40. The molecule has 0 atom stereocenters. The van der Waals surface area contributed by atoms with Gasteiger partial charge in [0.25, 0.3) is 0 Å². The molecule has 82 valence electrons. The molecule has 1 aromatic rings. The van der Waals surface area contributed by atoms with Crippen LogP contribution >= 0.6 is 0 Å². The highest BCUT2D eigenvalue weighted by molar-refractivity contribution is 5.30. The molecule has 0 aromatic heterocycles. The summed E-state index contributed by atoms with van der Waals surface area (Å²) in [6, 6.07) is 4.81. The van der Waals surface area contributed by atoms with Crippen molar-refractivity contribution in [2.45, 2.75) is 31.8 Å². The van der Waals surface area contributed by atoms with Crippen LogP contribution in [0.2, 0.25) is 0 Å². The highest BCUT2D eigenvalue weighted by atomic mass is 19.1. The first-order valence-corrected chi connectivity index (χ1v) is 5.26. The minimum absolute atomic E-state index is 0.290. The third-order valence-corrected chi connectivity index (χ3v) is 2.68. The number of hydrogen-bond acceptors (Lipinski definition) is 2. The summed E-state index contributed by atoms with van der Waals surface area (Å²) in [7, 11) is 0. The third kappa shape index (κ3) is 2.48. The van der Waals surface area contributed by atoms with E-state index in [2.05, 4.69) is 0 Å². The fourth-order valence-corrected chi connectivity index (χ4v) is 1.60. The van der Waals surface area contributed by atoms with Crippen LogP contribution in [0.1, 0.15) is 25.3 Å². The second kappa shape index (κ2) is 3.81. The fraction of sp³-hybridized carbons (Fsp3) is 0.500. The van der Waals surface area contributed by atoms with Crippen molar-refractivity contribution in [2.24, 2.45) is 0 Å². The second-order valence-corrected chi connectivity index (χ2v) is 4.09. The van der Waals surface area contributed by atoms with Crippen LogP contribution in [0.25, 0.3) is 0 Å². The van der Waals surface area contributed by atoms with E-state index in [9.17, 15) is 9.50 Å². The van der Waals surface area contributed by atoms with Crippen molar-refractivity contribution < 1.29 is 14.2 Å². The largest absolute Gasteiger partial charge is 0.494 e. The predicted molar refractivity (Wildman–Crippen MR) is 55.5 cm³/mol. The molecule has 2 rings (SSSR count).